The number of thioether (sulfide) groups is 1. The maximum Gasteiger partial charge on any atom is 0.314 e. The van der Waals surface area contributed by atoms with Crippen molar-refractivity contribution in [3.8, 4) is 0 Å². The summed E-state index contributed by atoms with van der Waals surface area (Å²) in [4.78, 5) is 14.5. The molecule has 1 aromatic heterocycles. The second-order valence-electron chi connectivity index (χ2n) is 3.58. The zero-order chi connectivity index (χ0) is 12.9. The van der Waals surface area contributed by atoms with Gasteiger partial charge in [0.1, 0.15) is 11.4 Å². The highest BCUT2D eigenvalue weighted by molar-refractivity contribution is 7.99. The molecule has 0 spiro atoms. The summed E-state index contributed by atoms with van der Waals surface area (Å²) in [7, 11) is 0. The van der Waals surface area contributed by atoms with E-state index in [9.17, 15) is 4.79 Å². The maximum atomic E-state index is 10.4. The quantitative estimate of drug-likeness (QED) is 0.749. The van der Waals surface area contributed by atoms with Crippen molar-refractivity contribution in [2.45, 2.75) is 38.0 Å². The number of aromatic nitrogens is 2. The van der Waals surface area contributed by atoms with Crippen molar-refractivity contribution in [1.82, 2.24) is 10.1 Å². The number of rotatable bonds is 7. The average molecular weight is 260 g/mol. The Labute approximate surface area is 104 Å². The molecule has 0 aromatic carbocycles. The number of nitrogens with zero attached hydrogens (tertiary/aromatic N) is 2. The maximum absolute atomic E-state index is 10.4. The van der Waals surface area contributed by atoms with Crippen LogP contribution in [-0.4, -0.2) is 33.6 Å². The van der Waals surface area contributed by atoms with Gasteiger partial charge in [-0.15, -0.1) is 0 Å². The Hall–Kier alpha value is -1.08. The first-order valence-electron chi connectivity index (χ1n) is 5.34. The van der Waals surface area contributed by atoms with Crippen LogP contribution in [0.25, 0.3) is 0 Å². The molecule has 1 unspecified atom stereocenters. The summed E-state index contributed by atoms with van der Waals surface area (Å²) in [5.74, 6) is -0.563. The Morgan fingerprint density at radius 1 is 1.59 bits per heavy atom. The molecular formula is C10H16N2O4S. The van der Waals surface area contributed by atoms with Crippen molar-refractivity contribution >= 4 is 17.7 Å². The third kappa shape index (κ3) is 3.71. The third-order valence-electron chi connectivity index (χ3n) is 2.34. The Morgan fingerprint density at radius 2 is 2.29 bits per heavy atom. The van der Waals surface area contributed by atoms with E-state index in [0.717, 1.165) is 11.8 Å². The minimum absolute atomic E-state index is 0.0981. The van der Waals surface area contributed by atoms with Gasteiger partial charge < -0.3 is 14.4 Å². The summed E-state index contributed by atoms with van der Waals surface area (Å²) in [5, 5.41) is 12.6. The van der Waals surface area contributed by atoms with Crippen LogP contribution in [0.3, 0.4) is 0 Å². The highest BCUT2D eigenvalue weighted by Gasteiger charge is 2.31. The van der Waals surface area contributed by atoms with Crippen LogP contribution in [-0.2, 0) is 15.1 Å². The fourth-order valence-electron chi connectivity index (χ4n) is 1.25. The molecule has 1 heterocycles. The number of ether oxygens (including phenoxy) is 1. The van der Waals surface area contributed by atoms with Gasteiger partial charge in [-0.1, -0.05) is 23.8 Å². The first kappa shape index (κ1) is 14.0. The molecule has 1 aromatic rings. The molecule has 0 aliphatic carbocycles. The molecule has 0 radical (unpaired) electrons. The van der Waals surface area contributed by atoms with Crippen molar-refractivity contribution in [2.24, 2.45) is 0 Å². The van der Waals surface area contributed by atoms with Gasteiger partial charge in [0, 0.05) is 6.61 Å². The van der Waals surface area contributed by atoms with Crippen LogP contribution in [0.2, 0.25) is 0 Å². The van der Waals surface area contributed by atoms with Gasteiger partial charge in [-0.3, -0.25) is 4.79 Å². The van der Waals surface area contributed by atoms with Gasteiger partial charge in [0.05, 0.1) is 0 Å². The fraction of sp³-hybridized carbons (Fsp3) is 0.700. The lowest BCUT2D eigenvalue weighted by Gasteiger charge is -2.23. The lowest BCUT2D eigenvalue weighted by atomic mass is 10.0. The molecule has 0 bridgehead atoms. The number of aliphatic carboxylic acids is 1. The summed E-state index contributed by atoms with van der Waals surface area (Å²) in [6.45, 7) is 6.30. The van der Waals surface area contributed by atoms with E-state index >= 15 is 0 Å². The fourth-order valence-corrected chi connectivity index (χ4v) is 1.74. The van der Waals surface area contributed by atoms with Crippen molar-refractivity contribution in [3.05, 3.63) is 5.82 Å². The normalized spacial score (nSPS) is 14.5. The number of hydrogen-bond acceptors (Lipinski definition) is 6. The molecule has 0 saturated carbocycles. The van der Waals surface area contributed by atoms with E-state index in [2.05, 4.69) is 10.1 Å². The van der Waals surface area contributed by atoms with Crippen LogP contribution in [0.1, 0.15) is 33.0 Å². The first-order chi connectivity index (χ1) is 8.01. The molecular weight excluding hydrogens is 244 g/mol. The van der Waals surface area contributed by atoms with Gasteiger partial charge in [-0.05, 0) is 20.3 Å². The Bertz CT molecular complexity index is 382. The molecule has 1 rings (SSSR count). The lowest BCUT2D eigenvalue weighted by molar-refractivity contribution is -0.133. The van der Waals surface area contributed by atoms with Gasteiger partial charge in [0.15, 0.2) is 0 Å². The summed E-state index contributed by atoms with van der Waals surface area (Å²) in [6.07, 6.45) is 0.712. The molecule has 0 aliphatic heterocycles. The molecule has 1 N–H and O–H groups in total. The van der Waals surface area contributed by atoms with Crippen molar-refractivity contribution in [2.75, 3.05) is 12.4 Å². The predicted octanol–water partition coefficient (Wildman–Crippen LogP) is 1.91. The minimum Gasteiger partial charge on any atom is -0.481 e. The van der Waals surface area contributed by atoms with Gasteiger partial charge in [-0.2, -0.15) is 4.98 Å². The molecule has 0 aliphatic rings. The molecule has 17 heavy (non-hydrogen) atoms. The van der Waals surface area contributed by atoms with Gasteiger partial charge >= 0.3 is 5.97 Å². The number of carboxylic acid groups (broad SMARTS) is 1. The van der Waals surface area contributed by atoms with Crippen LogP contribution in [0.4, 0.5) is 0 Å². The zero-order valence-corrected chi connectivity index (χ0v) is 10.9. The van der Waals surface area contributed by atoms with E-state index in [1.807, 2.05) is 20.8 Å². The highest BCUT2D eigenvalue weighted by Crippen LogP contribution is 2.28. The van der Waals surface area contributed by atoms with Crippen LogP contribution in [0.5, 0.6) is 0 Å². The van der Waals surface area contributed by atoms with Crippen LogP contribution < -0.4 is 0 Å². The van der Waals surface area contributed by atoms with Gasteiger partial charge in [0.25, 0.3) is 5.22 Å². The number of hydrogen-bond donors (Lipinski definition) is 1. The topological polar surface area (TPSA) is 85.5 Å². The largest absolute Gasteiger partial charge is 0.481 e. The first-order valence-corrected chi connectivity index (χ1v) is 6.33. The zero-order valence-electron chi connectivity index (χ0n) is 10.1. The Balaban J connectivity index is 2.74. The van der Waals surface area contributed by atoms with E-state index in [1.54, 1.807) is 0 Å². The highest BCUT2D eigenvalue weighted by atomic mass is 32.2. The molecule has 7 heteroatoms. The third-order valence-corrected chi connectivity index (χ3v) is 3.14. The summed E-state index contributed by atoms with van der Waals surface area (Å²) in [5.41, 5.74) is -0.583. The van der Waals surface area contributed by atoms with Crippen LogP contribution in [0, 0.1) is 0 Å². The molecule has 96 valence electrons. The molecule has 0 amide bonds. The lowest BCUT2D eigenvalue weighted by Crippen LogP contribution is -2.26. The predicted molar refractivity (Wildman–Crippen MR) is 61.9 cm³/mol. The average Bonchev–Trinajstić information content (AvgIpc) is 2.75. The van der Waals surface area contributed by atoms with E-state index < -0.39 is 11.6 Å². The van der Waals surface area contributed by atoms with E-state index in [4.69, 9.17) is 14.4 Å². The van der Waals surface area contributed by atoms with E-state index in [0.29, 0.717) is 18.9 Å². The monoisotopic (exact) mass is 260 g/mol. The van der Waals surface area contributed by atoms with Crippen molar-refractivity contribution in [3.63, 3.8) is 0 Å². The molecule has 1 atom stereocenters. The summed E-state index contributed by atoms with van der Waals surface area (Å²) >= 11 is 0.999. The molecule has 0 fully saturated rings. The summed E-state index contributed by atoms with van der Waals surface area (Å²) in [6, 6.07) is 0. The smallest absolute Gasteiger partial charge is 0.314 e. The second-order valence-corrected chi connectivity index (χ2v) is 4.51. The van der Waals surface area contributed by atoms with E-state index in [-0.39, 0.29) is 11.0 Å². The van der Waals surface area contributed by atoms with Gasteiger partial charge in [-0.25, -0.2) is 0 Å². The van der Waals surface area contributed by atoms with Gasteiger partial charge in [0.2, 0.25) is 5.82 Å². The molecule has 6 nitrogen and oxygen atoms in total. The van der Waals surface area contributed by atoms with Crippen molar-refractivity contribution in [1.29, 1.82) is 0 Å². The second kappa shape index (κ2) is 6.02. The SMILES string of the molecule is CCOC(C)(CC)c1noc(SCC(=O)O)n1. The number of carbonyl (C=O) groups is 1. The standard InChI is InChI=1S/C10H16N2O4S/c1-4-10(3,15-5-2)8-11-9(16-12-8)17-6-7(13)14/h4-6H2,1-3H3,(H,13,14). The molecule has 0 saturated heterocycles. The number of carboxylic acids is 1. The Morgan fingerprint density at radius 3 is 2.82 bits per heavy atom. The minimum atomic E-state index is -0.919. The Kier molecular flexibility index (Phi) is 4.95. The van der Waals surface area contributed by atoms with Crippen molar-refractivity contribution < 1.29 is 19.2 Å². The van der Waals surface area contributed by atoms with E-state index in [1.165, 1.54) is 0 Å². The van der Waals surface area contributed by atoms with Crippen LogP contribution in [0.15, 0.2) is 9.75 Å². The summed E-state index contributed by atoms with van der Waals surface area (Å²) < 4.78 is 10.6. The van der Waals surface area contributed by atoms with Crippen LogP contribution >= 0.6 is 11.8 Å².